The van der Waals surface area contributed by atoms with Gasteiger partial charge in [0.2, 0.25) is 0 Å². The summed E-state index contributed by atoms with van der Waals surface area (Å²) in [7, 11) is 0. The first-order valence-electron chi connectivity index (χ1n) is 16.8. The van der Waals surface area contributed by atoms with Gasteiger partial charge in [-0.25, -0.2) is 0 Å². The van der Waals surface area contributed by atoms with Gasteiger partial charge < -0.3 is 5.11 Å². The van der Waals surface area contributed by atoms with E-state index in [4.69, 9.17) is 0 Å². The Labute approximate surface area is 265 Å². The molecule has 1 N–H and O–H groups in total. The van der Waals surface area contributed by atoms with Crippen LogP contribution in [0.2, 0.25) is 0 Å². The first kappa shape index (κ1) is 39.9. The van der Waals surface area contributed by atoms with E-state index < -0.39 is 5.97 Å². The minimum absolute atomic E-state index is 0.0521. The lowest BCUT2D eigenvalue weighted by atomic mass is 9.83. The molecule has 43 heavy (non-hydrogen) atoms. The SMILES string of the molecule is C=C/C=C\C(=C/C)CCCCC.CC.CCC/C=C(\c1ccc(C)c(C)c1CCCCC)c1c(C)cccc1CC(=O)O. The normalized spacial score (nSPS) is 11.5. The Bertz CT molecular complexity index is 1180. The molecule has 2 heteroatoms. The molecule has 0 bridgehead atoms. The van der Waals surface area contributed by atoms with Crippen LogP contribution in [0, 0.1) is 20.8 Å². The Morgan fingerprint density at radius 2 is 1.56 bits per heavy atom. The quantitative estimate of drug-likeness (QED) is 0.157. The molecule has 2 nitrogen and oxygen atoms in total. The molecule has 0 saturated heterocycles. The van der Waals surface area contributed by atoms with Crippen molar-refractivity contribution in [3.63, 3.8) is 0 Å². The first-order chi connectivity index (χ1) is 20.7. The predicted molar refractivity (Wildman–Crippen MR) is 192 cm³/mol. The molecule has 2 aromatic carbocycles. The summed E-state index contributed by atoms with van der Waals surface area (Å²) >= 11 is 0. The minimum Gasteiger partial charge on any atom is -0.481 e. The molecule has 0 unspecified atom stereocenters. The van der Waals surface area contributed by atoms with Gasteiger partial charge in [-0.2, -0.15) is 0 Å². The van der Waals surface area contributed by atoms with Gasteiger partial charge in [0, 0.05) is 0 Å². The van der Waals surface area contributed by atoms with Crippen molar-refractivity contribution in [2.45, 2.75) is 133 Å². The fraction of sp³-hybridized carbons (Fsp3) is 0.488. The average molecular weight is 587 g/mol. The van der Waals surface area contributed by atoms with Crippen LogP contribution in [0.5, 0.6) is 0 Å². The fourth-order valence-corrected chi connectivity index (χ4v) is 5.15. The highest BCUT2D eigenvalue weighted by molar-refractivity contribution is 5.86. The van der Waals surface area contributed by atoms with E-state index in [2.05, 4.69) is 91.5 Å². The predicted octanol–water partition coefficient (Wildman–Crippen LogP) is 12.5. The van der Waals surface area contributed by atoms with Crippen LogP contribution in [-0.2, 0) is 17.6 Å². The first-order valence-corrected chi connectivity index (χ1v) is 16.8. The Morgan fingerprint density at radius 1 is 0.884 bits per heavy atom. The van der Waals surface area contributed by atoms with Crippen molar-refractivity contribution in [3.05, 3.63) is 112 Å². The van der Waals surface area contributed by atoms with Crippen molar-refractivity contribution < 1.29 is 9.90 Å². The summed E-state index contributed by atoms with van der Waals surface area (Å²) in [6.07, 6.45) is 22.4. The number of carboxylic acid groups (broad SMARTS) is 1. The van der Waals surface area contributed by atoms with Crippen molar-refractivity contribution in [2.24, 2.45) is 0 Å². The maximum atomic E-state index is 11.5. The number of aliphatic carboxylic acids is 1. The molecule has 0 spiro atoms. The van der Waals surface area contributed by atoms with Crippen molar-refractivity contribution >= 4 is 11.5 Å². The molecule has 238 valence electrons. The summed E-state index contributed by atoms with van der Waals surface area (Å²) < 4.78 is 0. The van der Waals surface area contributed by atoms with E-state index in [0.717, 1.165) is 36.0 Å². The summed E-state index contributed by atoms with van der Waals surface area (Å²) in [6.45, 7) is 22.9. The van der Waals surface area contributed by atoms with Gasteiger partial charge in [0.25, 0.3) is 0 Å². The second kappa shape index (κ2) is 24.3. The van der Waals surface area contributed by atoms with Gasteiger partial charge in [-0.1, -0.05) is 140 Å². The van der Waals surface area contributed by atoms with Crippen LogP contribution in [-0.4, -0.2) is 11.1 Å². The van der Waals surface area contributed by atoms with Gasteiger partial charge >= 0.3 is 5.97 Å². The van der Waals surface area contributed by atoms with E-state index in [1.807, 2.05) is 38.1 Å². The molecular formula is C41H62O2. The number of benzene rings is 2. The molecular weight excluding hydrogens is 524 g/mol. The summed E-state index contributed by atoms with van der Waals surface area (Å²) in [5.41, 5.74) is 11.2. The highest BCUT2D eigenvalue weighted by Crippen LogP contribution is 2.35. The number of aryl methyl sites for hydroxylation is 2. The Hall–Kier alpha value is -3.13. The summed E-state index contributed by atoms with van der Waals surface area (Å²) in [6, 6.07) is 10.5. The maximum Gasteiger partial charge on any atom is 0.307 e. The van der Waals surface area contributed by atoms with E-state index in [-0.39, 0.29) is 6.42 Å². The van der Waals surface area contributed by atoms with Crippen LogP contribution in [0.15, 0.2) is 72.9 Å². The Balaban J connectivity index is 0.00000106. The van der Waals surface area contributed by atoms with Gasteiger partial charge in [0.1, 0.15) is 0 Å². The summed E-state index contributed by atoms with van der Waals surface area (Å²) in [5.74, 6) is -0.782. The lowest BCUT2D eigenvalue weighted by Gasteiger charge is -2.21. The standard InChI is InChI=1S/C27H36O2.C12H20.C2H6/c1-6-8-10-15-23-21(5)19(3)16-17-24(23)25(14-9-7-2)27-20(4)12-11-13-22(27)18-26(28)29;1-4-7-9-11-12(6-3)10-8-5-2;1-2/h11-14,16-17H,6-10,15,18H2,1-5H3,(H,28,29);5-6,8,10H,2,4,7,9,11H2,1,3H3;1-2H3/b25-14+;10-8-,12-6+;. The van der Waals surface area contributed by atoms with Crippen LogP contribution in [0.3, 0.4) is 0 Å². The topological polar surface area (TPSA) is 37.3 Å². The van der Waals surface area contributed by atoms with Crippen molar-refractivity contribution in [1.29, 1.82) is 0 Å². The van der Waals surface area contributed by atoms with Gasteiger partial charge in [-0.15, -0.1) is 0 Å². The zero-order valence-electron chi connectivity index (χ0n) is 29.1. The Kier molecular flexibility index (Phi) is 22.6. The van der Waals surface area contributed by atoms with Gasteiger partial charge in [0.15, 0.2) is 0 Å². The van der Waals surface area contributed by atoms with E-state index >= 15 is 0 Å². The van der Waals surface area contributed by atoms with E-state index in [9.17, 15) is 9.90 Å². The van der Waals surface area contributed by atoms with Gasteiger partial charge in [-0.3, -0.25) is 4.79 Å². The average Bonchev–Trinajstić information content (AvgIpc) is 3.00. The molecule has 0 aliphatic rings. The zero-order valence-corrected chi connectivity index (χ0v) is 29.1. The van der Waals surface area contributed by atoms with Gasteiger partial charge in [-0.05, 0) is 104 Å². The minimum atomic E-state index is -0.782. The smallest absolute Gasteiger partial charge is 0.307 e. The Morgan fingerprint density at radius 3 is 2.14 bits per heavy atom. The number of hydrogen-bond donors (Lipinski definition) is 1. The second-order valence-corrected chi connectivity index (χ2v) is 11.0. The number of carboxylic acids is 1. The lowest BCUT2D eigenvalue weighted by molar-refractivity contribution is -0.136. The molecule has 0 aromatic heterocycles. The molecule has 0 amide bonds. The maximum absolute atomic E-state index is 11.5. The van der Waals surface area contributed by atoms with Crippen LogP contribution in [0.25, 0.3) is 5.57 Å². The van der Waals surface area contributed by atoms with E-state index in [1.54, 1.807) is 0 Å². The van der Waals surface area contributed by atoms with Crippen LogP contribution >= 0.6 is 0 Å². The molecule has 0 aliphatic carbocycles. The molecule has 0 heterocycles. The van der Waals surface area contributed by atoms with E-state index in [1.165, 1.54) is 78.3 Å². The zero-order chi connectivity index (χ0) is 32.6. The van der Waals surface area contributed by atoms with Crippen molar-refractivity contribution in [3.8, 4) is 0 Å². The highest BCUT2D eigenvalue weighted by atomic mass is 16.4. The van der Waals surface area contributed by atoms with Gasteiger partial charge in [0.05, 0.1) is 6.42 Å². The second-order valence-electron chi connectivity index (χ2n) is 11.0. The third-order valence-electron chi connectivity index (χ3n) is 7.68. The number of allylic oxidation sites excluding steroid dienone is 6. The molecule has 0 aliphatic heterocycles. The lowest BCUT2D eigenvalue weighted by Crippen LogP contribution is -2.07. The molecule has 2 rings (SSSR count). The molecule has 0 saturated carbocycles. The van der Waals surface area contributed by atoms with E-state index in [0.29, 0.717) is 0 Å². The number of rotatable bonds is 16. The van der Waals surface area contributed by atoms with Crippen LogP contribution in [0.1, 0.15) is 138 Å². The number of unbranched alkanes of at least 4 members (excludes halogenated alkanes) is 5. The summed E-state index contributed by atoms with van der Waals surface area (Å²) in [5, 5.41) is 9.47. The molecule has 0 radical (unpaired) electrons. The molecule has 2 aromatic rings. The number of carbonyl (C=O) groups is 1. The van der Waals surface area contributed by atoms with Crippen LogP contribution in [0.4, 0.5) is 0 Å². The third-order valence-corrected chi connectivity index (χ3v) is 7.68. The largest absolute Gasteiger partial charge is 0.481 e. The van der Waals surface area contributed by atoms with Crippen LogP contribution < -0.4 is 0 Å². The number of hydrogen-bond acceptors (Lipinski definition) is 1. The molecule has 0 atom stereocenters. The van der Waals surface area contributed by atoms with Crippen molar-refractivity contribution in [1.82, 2.24) is 0 Å². The molecule has 0 fully saturated rings. The summed E-state index contributed by atoms with van der Waals surface area (Å²) in [4.78, 5) is 11.5. The third kappa shape index (κ3) is 14.7. The monoisotopic (exact) mass is 586 g/mol. The van der Waals surface area contributed by atoms with Crippen molar-refractivity contribution in [2.75, 3.05) is 0 Å². The highest BCUT2D eigenvalue weighted by Gasteiger charge is 2.18. The fourth-order valence-electron chi connectivity index (χ4n) is 5.15.